The lowest BCUT2D eigenvalue weighted by atomic mass is 10.0. The molecule has 0 radical (unpaired) electrons. The van der Waals surface area contributed by atoms with E-state index in [-0.39, 0.29) is 0 Å². The summed E-state index contributed by atoms with van der Waals surface area (Å²) < 4.78 is 0. The summed E-state index contributed by atoms with van der Waals surface area (Å²) in [4.78, 5) is 0. The minimum atomic E-state index is -0.967. The molecule has 1 atom stereocenters. The van der Waals surface area contributed by atoms with Crippen molar-refractivity contribution in [3.05, 3.63) is 24.8 Å². The van der Waals surface area contributed by atoms with Crippen molar-refractivity contribution in [2.75, 3.05) is 0 Å². The van der Waals surface area contributed by atoms with Gasteiger partial charge >= 0.3 is 0 Å². The van der Waals surface area contributed by atoms with Gasteiger partial charge in [0.2, 0.25) is 0 Å². The van der Waals surface area contributed by atoms with Crippen molar-refractivity contribution in [1.82, 2.24) is 0 Å². The van der Waals surface area contributed by atoms with E-state index in [4.69, 9.17) is 0 Å². The van der Waals surface area contributed by atoms with Gasteiger partial charge in [-0.25, -0.2) is 0 Å². The van der Waals surface area contributed by atoms with Gasteiger partial charge in [0, 0.05) is 0 Å². The first kappa shape index (κ1) is 11.4. The van der Waals surface area contributed by atoms with Crippen molar-refractivity contribution in [2.24, 2.45) is 0 Å². The smallest absolute Gasteiger partial charge is 0.0977 e. The van der Waals surface area contributed by atoms with Crippen molar-refractivity contribution in [3.8, 4) is 0 Å². The molecule has 12 heavy (non-hydrogen) atoms. The zero-order valence-corrected chi connectivity index (χ0v) is 8.04. The first-order valence-corrected chi connectivity index (χ1v) is 4.03. The highest BCUT2D eigenvalue weighted by molar-refractivity contribution is 5.09. The van der Waals surface area contributed by atoms with Crippen LogP contribution in [0, 0.1) is 0 Å². The van der Waals surface area contributed by atoms with Gasteiger partial charge in [0.15, 0.2) is 0 Å². The lowest BCUT2D eigenvalue weighted by Gasteiger charge is -2.16. The molecule has 0 aromatic rings. The highest BCUT2D eigenvalue weighted by Crippen LogP contribution is 2.11. The van der Waals surface area contributed by atoms with Crippen LogP contribution in [0.1, 0.15) is 27.2 Å². The van der Waals surface area contributed by atoms with Crippen LogP contribution in [-0.2, 0) is 0 Å². The van der Waals surface area contributed by atoms with E-state index in [1.165, 1.54) is 6.08 Å². The fourth-order valence-corrected chi connectivity index (χ4v) is 0.654. The molecule has 70 valence electrons. The van der Waals surface area contributed by atoms with E-state index in [0.717, 1.165) is 0 Å². The quantitative estimate of drug-likeness (QED) is 0.630. The first-order valence-electron chi connectivity index (χ1n) is 4.03. The van der Waals surface area contributed by atoms with Crippen LogP contribution in [0.15, 0.2) is 24.8 Å². The standard InChI is InChI=1S/C10H18O2/c1-5-10(4,12)8-6-7-9(2,3)11/h5-6,8,11-12H,1,7H2,2-4H3. The second kappa shape index (κ2) is 3.87. The Balaban J connectivity index is 4.01. The Morgan fingerprint density at radius 3 is 2.08 bits per heavy atom. The number of aliphatic hydroxyl groups is 2. The molecule has 0 spiro atoms. The monoisotopic (exact) mass is 170 g/mol. The van der Waals surface area contributed by atoms with Crippen LogP contribution in [0.25, 0.3) is 0 Å². The largest absolute Gasteiger partial charge is 0.390 e. The van der Waals surface area contributed by atoms with Gasteiger partial charge in [-0.3, -0.25) is 0 Å². The van der Waals surface area contributed by atoms with Gasteiger partial charge in [-0.1, -0.05) is 24.8 Å². The molecule has 0 aliphatic rings. The molecule has 0 fully saturated rings. The minimum Gasteiger partial charge on any atom is -0.390 e. The molecule has 2 heteroatoms. The Morgan fingerprint density at radius 1 is 1.25 bits per heavy atom. The van der Waals surface area contributed by atoms with Crippen molar-refractivity contribution in [2.45, 2.75) is 38.4 Å². The fourth-order valence-electron chi connectivity index (χ4n) is 0.654. The van der Waals surface area contributed by atoms with Crippen LogP contribution in [-0.4, -0.2) is 21.4 Å². The molecule has 0 rings (SSSR count). The summed E-state index contributed by atoms with van der Waals surface area (Å²) in [6.07, 6.45) is 5.35. The van der Waals surface area contributed by atoms with E-state index in [1.807, 2.05) is 0 Å². The summed E-state index contributed by atoms with van der Waals surface area (Å²) in [5.74, 6) is 0. The van der Waals surface area contributed by atoms with E-state index in [9.17, 15) is 10.2 Å². The SMILES string of the molecule is C=CC(C)(O)C=CCC(C)(C)O. The van der Waals surface area contributed by atoms with Gasteiger partial charge in [0.1, 0.15) is 0 Å². The van der Waals surface area contributed by atoms with Crippen LogP contribution in [0.5, 0.6) is 0 Å². The van der Waals surface area contributed by atoms with Crippen molar-refractivity contribution >= 4 is 0 Å². The average molecular weight is 170 g/mol. The van der Waals surface area contributed by atoms with Crippen LogP contribution in [0.4, 0.5) is 0 Å². The van der Waals surface area contributed by atoms with Crippen molar-refractivity contribution in [1.29, 1.82) is 0 Å². The summed E-state index contributed by atoms with van der Waals surface area (Å²) in [5, 5.41) is 18.8. The Hall–Kier alpha value is -0.600. The van der Waals surface area contributed by atoms with E-state index in [1.54, 1.807) is 32.9 Å². The molecule has 0 aliphatic carbocycles. The molecule has 2 nitrogen and oxygen atoms in total. The van der Waals surface area contributed by atoms with Gasteiger partial charge in [0.25, 0.3) is 0 Å². The Kier molecular flexibility index (Phi) is 3.68. The topological polar surface area (TPSA) is 40.5 Å². The highest BCUT2D eigenvalue weighted by Gasteiger charge is 2.12. The average Bonchev–Trinajstić information content (AvgIpc) is 1.84. The molecule has 0 saturated carbocycles. The maximum absolute atomic E-state index is 9.43. The third-order valence-electron chi connectivity index (χ3n) is 1.49. The van der Waals surface area contributed by atoms with Gasteiger partial charge in [-0.2, -0.15) is 0 Å². The van der Waals surface area contributed by atoms with Crippen molar-refractivity contribution < 1.29 is 10.2 Å². The van der Waals surface area contributed by atoms with E-state index in [2.05, 4.69) is 6.58 Å². The Bertz CT molecular complexity index is 173. The lowest BCUT2D eigenvalue weighted by molar-refractivity contribution is 0.0832. The van der Waals surface area contributed by atoms with Crippen LogP contribution in [0.2, 0.25) is 0 Å². The minimum absolute atomic E-state index is 0.525. The molecule has 0 saturated heterocycles. The molecular weight excluding hydrogens is 152 g/mol. The van der Waals surface area contributed by atoms with E-state index in [0.29, 0.717) is 6.42 Å². The molecule has 1 unspecified atom stereocenters. The van der Waals surface area contributed by atoms with E-state index >= 15 is 0 Å². The molecule has 0 aromatic carbocycles. The summed E-state index contributed by atoms with van der Waals surface area (Å²) in [5.41, 5.74) is -1.68. The maximum Gasteiger partial charge on any atom is 0.0977 e. The summed E-state index contributed by atoms with van der Waals surface area (Å²) in [6, 6.07) is 0. The Morgan fingerprint density at radius 2 is 1.75 bits per heavy atom. The maximum atomic E-state index is 9.43. The molecule has 0 aliphatic heterocycles. The second-order valence-electron chi connectivity index (χ2n) is 3.85. The predicted octanol–water partition coefficient (Wildman–Crippen LogP) is 1.64. The third kappa shape index (κ3) is 6.13. The number of hydrogen-bond donors (Lipinski definition) is 2. The molecule has 2 N–H and O–H groups in total. The second-order valence-corrected chi connectivity index (χ2v) is 3.85. The number of rotatable bonds is 4. The van der Waals surface area contributed by atoms with Gasteiger partial charge < -0.3 is 10.2 Å². The van der Waals surface area contributed by atoms with Crippen LogP contribution >= 0.6 is 0 Å². The summed E-state index contributed by atoms with van der Waals surface area (Å²) in [6.45, 7) is 8.57. The van der Waals surface area contributed by atoms with E-state index < -0.39 is 11.2 Å². The molecular formula is C10H18O2. The van der Waals surface area contributed by atoms with Crippen LogP contribution in [0.3, 0.4) is 0 Å². The zero-order chi connectivity index (χ0) is 9.83. The molecule has 0 heterocycles. The van der Waals surface area contributed by atoms with Gasteiger partial charge in [-0.05, 0) is 27.2 Å². The number of hydrogen-bond acceptors (Lipinski definition) is 2. The summed E-state index contributed by atoms with van der Waals surface area (Å²) in [7, 11) is 0. The predicted molar refractivity (Wildman–Crippen MR) is 50.9 cm³/mol. The third-order valence-corrected chi connectivity index (χ3v) is 1.49. The zero-order valence-electron chi connectivity index (χ0n) is 8.04. The van der Waals surface area contributed by atoms with Gasteiger partial charge in [0.05, 0.1) is 11.2 Å². The first-order chi connectivity index (χ1) is 5.27. The van der Waals surface area contributed by atoms with Crippen LogP contribution < -0.4 is 0 Å². The lowest BCUT2D eigenvalue weighted by Crippen LogP contribution is -2.19. The Labute approximate surface area is 74.2 Å². The normalized spacial score (nSPS) is 17.8. The van der Waals surface area contributed by atoms with Crippen molar-refractivity contribution in [3.63, 3.8) is 0 Å². The molecule has 0 aromatic heterocycles. The molecule has 0 amide bonds. The van der Waals surface area contributed by atoms with Gasteiger partial charge in [-0.15, -0.1) is 0 Å². The molecule has 0 bridgehead atoms. The fraction of sp³-hybridized carbons (Fsp3) is 0.600. The highest BCUT2D eigenvalue weighted by atomic mass is 16.3. The summed E-state index contributed by atoms with van der Waals surface area (Å²) >= 11 is 0.